The lowest BCUT2D eigenvalue weighted by atomic mass is 10.2. The summed E-state index contributed by atoms with van der Waals surface area (Å²) in [7, 11) is 0. The zero-order valence-corrected chi connectivity index (χ0v) is 7.73. The molecular weight excluding hydrogens is 162 g/mol. The van der Waals surface area contributed by atoms with Crippen molar-refractivity contribution in [1.82, 2.24) is 14.5 Å². The fourth-order valence-corrected chi connectivity index (χ4v) is 1.34. The molecular formula is C10H11N3. The third kappa shape index (κ3) is 1.33. The Labute approximate surface area is 77.1 Å². The zero-order chi connectivity index (χ0) is 9.26. The van der Waals surface area contributed by atoms with Crippen molar-refractivity contribution < 1.29 is 0 Å². The Morgan fingerprint density at radius 3 is 2.69 bits per heavy atom. The van der Waals surface area contributed by atoms with Crippen molar-refractivity contribution in [3.63, 3.8) is 0 Å². The summed E-state index contributed by atoms with van der Waals surface area (Å²) in [6.07, 6.45) is 7.39. The van der Waals surface area contributed by atoms with Crippen LogP contribution in [0.1, 0.15) is 11.4 Å². The summed E-state index contributed by atoms with van der Waals surface area (Å²) < 4.78 is 2.03. The monoisotopic (exact) mass is 173 g/mol. The fraction of sp³-hybridized carbons (Fsp3) is 0.200. The van der Waals surface area contributed by atoms with Crippen molar-refractivity contribution in [3.05, 3.63) is 42.2 Å². The molecule has 0 saturated carbocycles. The molecule has 0 atom stereocenters. The van der Waals surface area contributed by atoms with E-state index in [0.717, 1.165) is 11.5 Å². The van der Waals surface area contributed by atoms with E-state index in [1.165, 1.54) is 5.56 Å². The first-order chi connectivity index (χ1) is 6.29. The molecule has 3 heteroatoms. The van der Waals surface area contributed by atoms with Gasteiger partial charge in [0.1, 0.15) is 5.82 Å². The predicted molar refractivity (Wildman–Crippen MR) is 50.8 cm³/mol. The van der Waals surface area contributed by atoms with E-state index < -0.39 is 0 Å². The standard InChI is InChI=1S/C10H11N3/c1-8-3-4-11-7-10(8)13-6-5-12-9(13)2/h3-7H,1-2H3. The van der Waals surface area contributed by atoms with Gasteiger partial charge in [0.25, 0.3) is 0 Å². The minimum absolute atomic E-state index is 0.983. The molecule has 0 N–H and O–H groups in total. The average Bonchev–Trinajstić information content (AvgIpc) is 2.52. The van der Waals surface area contributed by atoms with E-state index in [1.807, 2.05) is 30.0 Å². The van der Waals surface area contributed by atoms with Crippen LogP contribution in [-0.4, -0.2) is 14.5 Å². The van der Waals surface area contributed by atoms with Crippen LogP contribution in [0.4, 0.5) is 0 Å². The second kappa shape index (κ2) is 3.01. The third-order valence-corrected chi connectivity index (χ3v) is 2.10. The number of rotatable bonds is 1. The summed E-state index contributed by atoms with van der Waals surface area (Å²) in [5, 5.41) is 0. The van der Waals surface area contributed by atoms with Gasteiger partial charge < -0.3 is 4.57 Å². The molecule has 0 spiro atoms. The Balaban J connectivity index is 2.59. The van der Waals surface area contributed by atoms with Crippen LogP contribution in [0.25, 0.3) is 5.69 Å². The largest absolute Gasteiger partial charge is 0.302 e. The predicted octanol–water partition coefficient (Wildman–Crippen LogP) is 1.88. The summed E-state index contributed by atoms with van der Waals surface area (Å²) in [5.74, 6) is 0.983. The van der Waals surface area contributed by atoms with Crippen molar-refractivity contribution in [1.29, 1.82) is 0 Å². The van der Waals surface area contributed by atoms with Gasteiger partial charge in [-0.15, -0.1) is 0 Å². The topological polar surface area (TPSA) is 30.7 Å². The maximum atomic E-state index is 4.17. The van der Waals surface area contributed by atoms with Crippen molar-refractivity contribution >= 4 is 0 Å². The molecule has 0 aliphatic carbocycles. The SMILES string of the molecule is Cc1ccncc1-n1ccnc1C. The fourth-order valence-electron chi connectivity index (χ4n) is 1.34. The van der Waals surface area contributed by atoms with Crippen LogP contribution >= 0.6 is 0 Å². The molecule has 0 aromatic carbocycles. The van der Waals surface area contributed by atoms with Gasteiger partial charge >= 0.3 is 0 Å². The molecule has 3 nitrogen and oxygen atoms in total. The Morgan fingerprint density at radius 1 is 1.23 bits per heavy atom. The van der Waals surface area contributed by atoms with Gasteiger partial charge in [0.15, 0.2) is 0 Å². The molecule has 0 bridgehead atoms. The third-order valence-electron chi connectivity index (χ3n) is 2.10. The first-order valence-electron chi connectivity index (χ1n) is 4.20. The van der Waals surface area contributed by atoms with Crippen molar-refractivity contribution in [3.8, 4) is 5.69 Å². The van der Waals surface area contributed by atoms with Gasteiger partial charge in [0.05, 0.1) is 11.9 Å². The van der Waals surface area contributed by atoms with Crippen LogP contribution in [0.2, 0.25) is 0 Å². The second-order valence-corrected chi connectivity index (χ2v) is 3.01. The van der Waals surface area contributed by atoms with Crippen molar-refractivity contribution in [2.24, 2.45) is 0 Å². The molecule has 2 heterocycles. The molecule has 0 amide bonds. The summed E-state index contributed by atoms with van der Waals surface area (Å²) in [5.41, 5.74) is 2.30. The van der Waals surface area contributed by atoms with Gasteiger partial charge in [-0.05, 0) is 25.5 Å². The van der Waals surface area contributed by atoms with Crippen molar-refractivity contribution in [2.75, 3.05) is 0 Å². The average molecular weight is 173 g/mol. The molecule has 2 rings (SSSR count). The van der Waals surface area contributed by atoms with Gasteiger partial charge in [-0.1, -0.05) is 0 Å². The summed E-state index contributed by atoms with van der Waals surface area (Å²) in [6, 6.07) is 1.99. The molecule has 2 aromatic rings. The lowest BCUT2D eigenvalue weighted by Crippen LogP contribution is -1.98. The van der Waals surface area contributed by atoms with Crippen LogP contribution in [0, 0.1) is 13.8 Å². The summed E-state index contributed by atoms with van der Waals surface area (Å²) >= 11 is 0. The van der Waals surface area contributed by atoms with Crippen molar-refractivity contribution in [2.45, 2.75) is 13.8 Å². The van der Waals surface area contributed by atoms with E-state index in [9.17, 15) is 0 Å². The number of hydrogen-bond acceptors (Lipinski definition) is 2. The van der Waals surface area contributed by atoms with Gasteiger partial charge in [0.2, 0.25) is 0 Å². The van der Waals surface area contributed by atoms with Gasteiger partial charge in [-0.25, -0.2) is 4.98 Å². The molecule has 0 aliphatic heterocycles. The Kier molecular flexibility index (Phi) is 1.85. The molecule has 0 saturated heterocycles. The number of aromatic nitrogens is 3. The van der Waals surface area contributed by atoms with Gasteiger partial charge in [-0.3, -0.25) is 4.98 Å². The number of aryl methyl sites for hydroxylation is 2. The number of nitrogens with zero attached hydrogens (tertiary/aromatic N) is 3. The van der Waals surface area contributed by atoms with E-state index >= 15 is 0 Å². The van der Waals surface area contributed by atoms with E-state index in [1.54, 1.807) is 12.4 Å². The smallest absolute Gasteiger partial charge is 0.110 e. The first kappa shape index (κ1) is 7.98. The lowest BCUT2D eigenvalue weighted by molar-refractivity contribution is 0.954. The van der Waals surface area contributed by atoms with E-state index in [-0.39, 0.29) is 0 Å². The van der Waals surface area contributed by atoms with E-state index in [4.69, 9.17) is 0 Å². The highest BCUT2D eigenvalue weighted by Gasteiger charge is 2.02. The maximum Gasteiger partial charge on any atom is 0.110 e. The van der Waals surface area contributed by atoms with Gasteiger partial charge in [-0.2, -0.15) is 0 Å². The second-order valence-electron chi connectivity index (χ2n) is 3.01. The Bertz CT molecular complexity index is 418. The molecule has 13 heavy (non-hydrogen) atoms. The minimum atomic E-state index is 0.983. The number of hydrogen-bond donors (Lipinski definition) is 0. The summed E-state index contributed by atoms with van der Waals surface area (Å²) in [4.78, 5) is 8.26. The minimum Gasteiger partial charge on any atom is -0.302 e. The quantitative estimate of drug-likeness (QED) is 0.659. The van der Waals surface area contributed by atoms with Crippen LogP contribution in [0.15, 0.2) is 30.9 Å². The maximum absolute atomic E-state index is 4.17. The lowest BCUT2D eigenvalue weighted by Gasteiger charge is -2.06. The number of imidazole rings is 1. The van der Waals surface area contributed by atoms with Crippen LogP contribution in [-0.2, 0) is 0 Å². The highest BCUT2D eigenvalue weighted by molar-refractivity contribution is 5.38. The molecule has 0 unspecified atom stereocenters. The van der Waals surface area contributed by atoms with Crippen LogP contribution in [0.5, 0.6) is 0 Å². The molecule has 0 aliphatic rings. The molecule has 0 fully saturated rings. The molecule has 0 radical (unpaired) electrons. The first-order valence-corrected chi connectivity index (χ1v) is 4.20. The zero-order valence-electron chi connectivity index (χ0n) is 7.73. The number of pyridine rings is 1. The Hall–Kier alpha value is -1.64. The highest BCUT2D eigenvalue weighted by atomic mass is 15.1. The molecule has 66 valence electrons. The van der Waals surface area contributed by atoms with Crippen LogP contribution in [0.3, 0.4) is 0 Å². The summed E-state index contributed by atoms with van der Waals surface area (Å²) in [6.45, 7) is 4.04. The Morgan fingerprint density at radius 2 is 2.08 bits per heavy atom. The van der Waals surface area contributed by atoms with Gasteiger partial charge in [0, 0.05) is 18.6 Å². The van der Waals surface area contributed by atoms with E-state index in [0.29, 0.717) is 0 Å². The molecule has 2 aromatic heterocycles. The van der Waals surface area contributed by atoms with Crippen LogP contribution < -0.4 is 0 Å². The highest BCUT2D eigenvalue weighted by Crippen LogP contribution is 2.12. The normalized spacial score (nSPS) is 10.3. The van der Waals surface area contributed by atoms with E-state index in [2.05, 4.69) is 16.9 Å².